The molecule has 0 aromatic carbocycles. The largest absolute Gasteiger partial charge is 0.412 e. The Morgan fingerprint density at radius 1 is 0.857 bits per heavy atom. The molecule has 2 nitrogen and oxygen atoms in total. The van der Waals surface area contributed by atoms with E-state index in [1.54, 1.807) is 0 Å². The third-order valence-corrected chi connectivity index (χ3v) is 6.96. The van der Waals surface area contributed by atoms with Crippen LogP contribution in [-0.2, 0) is 9.47 Å². The van der Waals surface area contributed by atoms with Crippen molar-refractivity contribution < 1.29 is 27.0 Å². The van der Waals surface area contributed by atoms with Crippen LogP contribution in [0.5, 0.6) is 0 Å². The molecule has 2 aliphatic heterocycles. The first kappa shape index (κ1) is 22.1. The average Bonchev–Trinajstić information content (AvgIpc) is 2.68. The van der Waals surface area contributed by atoms with Crippen LogP contribution in [0.15, 0.2) is 11.9 Å². The van der Waals surface area contributed by atoms with Crippen LogP contribution in [0.3, 0.4) is 0 Å². The van der Waals surface area contributed by atoms with Gasteiger partial charge in [-0.2, -0.15) is 13.2 Å². The number of ether oxygens (including phenoxy) is 2. The lowest BCUT2D eigenvalue weighted by atomic mass is 9.76. The molecule has 4 atom stereocenters. The summed E-state index contributed by atoms with van der Waals surface area (Å²) in [6, 6.07) is 0. The molecule has 0 spiro atoms. The van der Waals surface area contributed by atoms with Gasteiger partial charge < -0.3 is 9.47 Å². The Labute approximate surface area is 166 Å². The first-order valence-electron chi connectivity index (χ1n) is 11.0. The third kappa shape index (κ3) is 6.19. The van der Waals surface area contributed by atoms with E-state index in [0.717, 1.165) is 45.3 Å². The molecule has 3 aliphatic rings. The van der Waals surface area contributed by atoms with Crippen molar-refractivity contribution in [2.24, 2.45) is 23.7 Å². The summed E-state index contributed by atoms with van der Waals surface area (Å²) in [6.45, 7) is 3.81. The molecular formula is C22H34F4O2. The molecule has 0 bridgehead atoms. The molecule has 0 aromatic heterocycles. The highest BCUT2D eigenvalue weighted by molar-refractivity contribution is 5.03. The lowest BCUT2D eigenvalue weighted by Crippen LogP contribution is -2.40. The van der Waals surface area contributed by atoms with Gasteiger partial charge in [0.1, 0.15) is 5.83 Å². The predicted octanol–water partition coefficient (Wildman–Crippen LogP) is 6.60. The fourth-order valence-electron chi connectivity index (χ4n) is 5.33. The molecule has 0 amide bonds. The van der Waals surface area contributed by atoms with Gasteiger partial charge in [-0.3, -0.25) is 0 Å². The van der Waals surface area contributed by atoms with E-state index in [2.05, 4.69) is 6.92 Å². The molecule has 6 heteroatoms. The summed E-state index contributed by atoms with van der Waals surface area (Å²) in [5, 5.41) is 0. The van der Waals surface area contributed by atoms with Gasteiger partial charge >= 0.3 is 6.18 Å². The molecule has 0 aromatic rings. The fraction of sp³-hybridized carbons (Fsp3) is 0.909. The average molecular weight is 407 g/mol. The summed E-state index contributed by atoms with van der Waals surface area (Å²) in [6.07, 6.45) is 5.11. The maximum absolute atomic E-state index is 13.8. The molecule has 4 unspecified atom stereocenters. The molecule has 1 saturated carbocycles. The van der Waals surface area contributed by atoms with Gasteiger partial charge in [0.2, 0.25) is 0 Å². The highest BCUT2D eigenvalue weighted by Gasteiger charge is 2.37. The second kappa shape index (κ2) is 9.92. The van der Waals surface area contributed by atoms with Crippen LogP contribution in [0.4, 0.5) is 17.6 Å². The van der Waals surface area contributed by atoms with Gasteiger partial charge in [0.25, 0.3) is 0 Å². The number of allylic oxidation sites excluding steroid dienone is 2. The minimum atomic E-state index is -4.57. The Morgan fingerprint density at radius 2 is 1.46 bits per heavy atom. The van der Waals surface area contributed by atoms with E-state index in [1.165, 1.54) is 19.3 Å². The quantitative estimate of drug-likeness (QED) is 0.479. The Bertz CT molecular complexity index is 495. The van der Waals surface area contributed by atoms with Crippen molar-refractivity contribution in [2.75, 3.05) is 13.2 Å². The van der Waals surface area contributed by atoms with Crippen LogP contribution in [0.1, 0.15) is 71.1 Å². The van der Waals surface area contributed by atoms with Crippen LogP contribution < -0.4 is 0 Å². The van der Waals surface area contributed by atoms with Gasteiger partial charge in [0.15, 0.2) is 0 Å². The zero-order valence-corrected chi connectivity index (χ0v) is 16.9. The summed E-state index contributed by atoms with van der Waals surface area (Å²) in [4.78, 5) is 0. The second-order valence-corrected chi connectivity index (χ2v) is 9.00. The van der Waals surface area contributed by atoms with Crippen molar-refractivity contribution in [1.29, 1.82) is 0 Å². The minimum absolute atomic E-state index is 0.170. The van der Waals surface area contributed by atoms with Crippen LogP contribution >= 0.6 is 0 Å². The van der Waals surface area contributed by atoms with Gasteiger partial charge in [0, 0.05) is 18.4 Å². The third-order valence-electron chi connectivity index (χ3n) is 6.96. The smallest absolute Gasteiger partial charge is 0.378 e. The van der Waals surface area contributed by atoms with Crippen molar-refractivity contribution >= 4 is 0 Å². The summed E-state index contributed by atoms with van der Waals surface area (Å²) in [5.74, 6) is -0.0766. The van der Waals surface area contributed by atoms with Crippen molar-refractivity contribution in [1.82, 2.24) is 0 Å². The van der Waals surface area contributed by atoms with E-state index in [9.17, 15) is 17.6 Å². The fourth-order valence-corrected chi connectivity index (χ4v) is 5.33. The van der Waals surface area contributed by atoms with E-state index in [-0.39, 0.29) is 12.2 Å². The molecule has 162 valence electrons. The predicted molar refractivity (Wildman–Crippen MR) is 101 cm³/mol. The lowest BCUT2D eigenvalue weighted by Gasteiger charge is -2.41. The molecule has 0 N–H and O–H groups in total. The van der Waals surface area contributed by atoms with Crippen molar-refractivity contribution in [3.8, 4) is 0 Å². The highest BCUT2D eigenvalue weighted by Crippen LogP contribution is 2.40. The van der Waals surface area contributed by atoms with Crippen molar-refractivity contribution in [3.05, 3.63) is 11.9 Å². The summed E-state index contributed by atoms with van der Waals surface area (Å²) >= 11 is 0. The topological polar surface area (TPSA) is 18.5 Å². The first-order valence-corrected chi connectivity index (χ1v) is 11.0. The Hall–Kier alpha value is -0.620. The standard InChI is InChI=1S/C22H34F4O2/c1-2-3-15-4-10-21(27-13-15)18-9-11-20(28-14-18)17-7-5-16(6-8-17)19(23)12-22(24,25)26/h12,15-18,20-21H,2-11,13-14H2,1H3. The van der Waals surface area contributed by atoms with Gasteiger partial charge in [-0.1, -0.05) is 13.3 Å². The molecular weight excluding hydrogens is 372 g/mol. The first-order chi connectivity index (χ1) is 13.4. The van der Waals surface area contributed by atoms with Crippen LogP contribution in [0.2, 0.25) is 0 Å². The zero-order valence-electron chi connectivity index (χ0n) is 16.9. The van der Waals surface area contributed by atoms with Crippen molar-refractivity contribution in [3.63, 3.8) is 0 Å². The van der Waals surface area contributed by atoms with Gasteiger partial charge in [-0.25, -0.2) is 4.39 Å². The monoisotopic (exact) mass is 406 g/mol. The van der Waals surface area contributed by atoms with Crippen molar-refractivity contribution in [2.45, 2.75) is 89.5 Å². The molecule has 2 saturated heterocycles. The number of hydrogen-bond acceptors (Lipinski definition) is 2. The summed E-state index contributed by atoms with van der Waals surface area (Å²) < 4.78 is 63.1. The molecule has 0 radical (unpaired) electrons. The Morgan fingerprint density at radius 3 is 2.00 bits per heavy atom. The minimum Gasteiger partial charge on any atom is -0.378 e. The molecule has 1 aliphatic carbocycles. The van der Waals surface area contributed by atoms with Crippen LogP contribution in [0, 0.1) is 23.7 Å². The van der Waals surface area contributed by atoms with Gasteiger partial charge in [-0.05, 0) is 69.6 Å². The number of rotatable bonds is 5. The van der Waals surface area contributed by atoms with E-state index in [1.807, 2.05) is 0 Å². The van der Waals surface area contributed by atoms with E-state index in [4.69, 9.17) is 9.47 Å². The number of halogens is 4. The Balaban J connectivity index is 1.39. The van der Waals surface area contributed by atoms with E-state index in [0.29, 0.717) is 36.7 Å². The maximum atomic E-state index is 13.8. The lowest BCUT2D eigenvalue weighted by molar-refractivity contribution is -0.118. The highest BCUT2D eigenvalue weighted by atomic mass is 19.4. The second-order valence-electron chi connectivity index (χ2n) is 9.00. The molecule has 28 heavy (non-hydrogen) atoms. The van der Waals surface area contributed by atoms with Crippen LogP contribution in [-0.4, -0.2) is 31.6 Å². The normalized spacial score (nSPS) is 38.4. The summed E-state index contributed by atoms with van der Waals surface area (Å²) in [5.41, 5.74) is 0. The van der Waals surface area contributed by atoms with E-state index < -0.39 is 17.9 Å². The maximum Gasteiger partial charge on any atom is 0.412 e. The van der Waals surface area contributed by atoms with Crippen LogP contribution in [0.25, 0.3) is 0 Å². The summed E-state index contributed by atoms with van der Waals surface area (Å²) in [7, 11) is 0. The number of alkyl halides is 3. The molecule has 3 fully saturated rings. The Kier molecular flexibility index (Phi) is 7.82. The van der Waals surface area contributed by atoms with Gasteiger partial charge in [-0.15, -0.1) is 0 Å². The molecule has 3 rings (SSSR count). The van der Waals surface area contributed by atoms with Gasteiger partial charge in [0.05, 0.1) is 24.9 Å². The molecule has 2 heterocycles. The zero-order chi connectivity index (χ0) is 20.1. The van der Waals surface area contributed by atoms with E-state index >= 15 is 0 Å². The SMILES string of the molecule is CCCC1CCC(C2CCC(C3CCC(C(F)=CC(F)(F)F)CC3)OC2)OC1. The number of hydrogen-bond donors (Lipinski definition) is 0.